The molecule has 1 atom stereocenters. The van der Waals surface area contributed by atoms with Gasteiger partial charge in [-0.3, -0.25) is 4.79 Å². The van der Waals surface area contributed by atoms with Crippen LogP contribution >= 0.6 is 11.6 Å². The van der Waals surface area contributed by atoms with Gasteiger partial charge in [0, 0.05) is 0 Å². The summed E-state index contributed by atoms with van der Waals surface area (Å²) in [4.78, 5) is 22.5. The molecule has 0 aliphatic heterocycles. The lowest BCUT2D eigenvalue weighted by molar-refractivity contribution is -0.143. The number of amides is 1. The van der Waals surface area contributed by atoms with E-state index >= 15 is 0 Å². The number of carbonyl (C=O) groups is 2. The van der Waals surface area contributed by atoms with Gasteiger partial charge in [-0.1, -0.05) is 0 Å². The van der Waals surface area contributed by atoms with E-state index in [0.29, 0.717) is 0 Å². The molecule has 1 heterocycles. The Morgan fingerprint density at radius 2 is 2.31 bits per heavy atom. The molecular weight excluding hydrogens is 238 g/mol. The monoisotopic (exact) mass is 247 g/mol. The van der Waals surface area contributed by atoms with E-state index in [2.05, 4.69) is 10.1 Å². The van der Waals surface area contributed by atoms with Gasteiger partial charge < -0.3 is 19.6 Å². The van der Waals surface area contributed by atoms with Crippen LogP contribution in [0.3, 0.4) is 0 Å². The Morgan fingerprint density at radius 3 is 2.75 bits per heavy atom. The first-order valence-corrected chi connectivity index (χ1v) is 4.71. The summed E-state index contributed by atoms with van der Waals surface area (Å²) >= 11 is 5.48. The molecule has 16 heavy (non-hydrogen) atoms. The van der Waals surface area contributed by atoms with Crippen molar-refractivity contribution in [2.45, 2.75) is 6.04 Å². The number of esters is 1. The molecule has 0 fully saturated rings. The number of aliphatic hydroxyl groups excluding tert-OH is 1. The zero-order chi connectivity index (χ0) is 12.1. The summed E-state index contributed by atoms with van der Waals surface area (Å²) in [5.74, 6) is -1.45. The lowest BCUT2D eigenvalue weighted by Crippen LogP contribution is -2.43. The smallest absolute Gasteiger partial charge is 0.330 e. The maximum atomic E-state index is 11.5. The van der Waals surface area contributed by atoms with Gasteiger partial charge in [0.2, 0.25) is 0 Å². The van der Waals surface area contributed by atoms with Crippen molar-refractivity contribution in [1.82, 2.24) is 5.32 Å². The van der Waals surface area contributed by atoms with Crippen molar-refractivity contribution in [3.63, 3.8) is 0 Å². The van der Waals surface area contributed by atoms with Crippen molar-refractivity contribution >= 4 is 23.5 Å². The fraction of sp³-hybridized carbons (Fsp3) is 0.333. The summed E-state index contributed by atoms with van der Waals surface area (Å²) in [6.07, 6.45) is 0. The molecule has 0 spiro atoms. The number of nitrogens with one attached hydrogen (secondary N) is 1. The molecule has 2 N–H and O–H groups in total. The molecule has 7 heteroatoms. The van der Waals surface area contributed by atoms with Gasteiger partial charge in [-0.2, -0.15) is 0 Å². The minimum absolute atomic E-state index is 0.0487. The Hall–Kier alpha value is -1.53. The first-order chi connectivity index (χ1) is 7.58. The van der Waals surface area contributed by atoms with E-state index in [9.17, 15) is 9.59 Å². The predicted molar refractivity (Wildman–Crippen MR) is 54.1 cm³/mol. The van der Waals surface area contributed by atoms with Crippen LogP contribution in [0.15, 0.2) is 16.5 Å². The highest BCUT2D eigenvalue weighted by Gasteiger charge is 2.22. The molecule has 0 saturated heterocycles. The van der Waals surface area contributed by atoms with Crippen LogP contribution in [0.5, 0.6) is 0 Å². The molecule has 1 rings (SSSR count). The normalized spacial score (nSPS) is 11.9. The van der Waals surface area contributed by atoms with E-state index in [1.165, 1.54) is 12.1 Å². The highest BCUT2D eigenvalue weighted by molar-refractivity contribution is 6.29. The summed E-state index contributed by atoms with van der Waals surface area (Å²) in [6, 6.07) is 1.62. The second-order valence-corrected chi connectivity index (χ2v) is 3.21. The lowest BCUT2D eigenvalue weighted by atomic mass is 10.3. The second kappa shape index (κ2) is 5.53. The molecular formula is C9H10ClNO5. The van der Waals surface area contributed by atoms with Crippen molar-refractivity contribution in [2.24, 2.45) is 0 Å². The SMILES string of the molecule is COC(=O)C(CO)NC(=O)c1ccc(Cl)o1. The zero-order valence-corrected chi connectivity index (χ0v) is 9.15. The van der Waals surface area contributed by atoms with Crippen molar-refractivity contribution in [2.75, 3.05) is 13.7 Å². The van der Waals surface area contributed by atoms with Gasteiger partial charge in [0.25, 0.3) is 5.91 Å². The van der Waals surface area contributed by atoms with Gasteiger partial charge >= 0.3 is 5.97 Å². The fourth-order valence-electron chi connectivity index (χ4n) is 0.987. The van der Waals surface area contributed by atoms with Crippen molar-refractivity contribution in [3.05, 3.63) is 23.1 Å². The maximum Gasteiger partial charge on any atom is 0.330 e. The Bertz CT molecular complexity index is 389. The summed E-state index contributed by atoms with van der Waals surface area (Å²) in [5.41, 5.74) is 0. The third kappa shape index (κ3) is 2.98. The number of hydrogen-bond donors (Lipinski definition) is 2. The highest BCUT2D eigenvalue weighted by Crippen LogP contribution is 2.12. The molecule has 0 aromatic carbocycles. The molecule has 6 nitrogen and oxygen atoms in total. The van der Waals surface area contributed by atoms with Crippen LogP contribution in [-0.4, -0.2) is 36.7 Å². The van der Waals surface area contributed by atoms with Gasteiger partial charge in [0.1, 0.15) is 0 Å². The molecule has 0 radical (unpaired) electrons. The minimum Gasteiger partial charge on any atom is -0.467 e. The zero-order valence-electron chi connectivity index (χ0n) is 8.40. The van der Waals surface area contributed by atoms with Crippen molar-refractivity contribution in [3.8, 4) is 0 Å². The topological polar surface area (TPSA) is 88.8 Å². The van der Waals surface area contributed by atoms with Crippen LogP contribution < -0.4 is 5.32 Å². The molecule has 1 unspecified atom stereocenters. The number of rotatable bonds is 4. The Morgan fingerprint density at radius 1 is 1.62 bits per heavy atom. The van der Waals surface area contributed by atoms with E-state index < -0.39 is 24.5 Å². The minimum atomic E-state index is -1.12. The first kappa shape index (κ1) is 12.5. The van der Waals surface area contributed by atoms with Gasteiger partial charge in [-0.15, -0.1) is 0 Å². The van der Waals surface area contributed by atoms with Gasteiger partial charge in [0.05, 0.1) is 13.7 Å². The second-order valence-electron chi connectivity index (χ2n) is 2.84. The fourth-order valence-corrected chi connectivity index (χ4v) is 1.13. The average Bonchev–Trinajstić information content (AvgIpc) is 2.71. The van der Waals surface area contributed by atoms with Crippen LogP contribution in [0.4, 0.5) is 0 Å². The van der Waals surface area contributed by atoms with Crippen LogP contribution in [0.2, 0.25) is 5.22 Å². The Balaban J connectivity index is 2.66. The van der Waals surface area contributed by atoms with Crippen LogP contribution in [0.1, 0.15) is 10.6 Å². The Labute approximate surface area is 96.1 Å². The number of furan rings is 1. The molecule has 0 saturated carbocycles. The Kier molecular flexibility index (Phi) is 4.33. The number of carbonyl (C=O) groups excluding carboxylic acids is 2. The summed E-state index contributed by atoms with van der Waals surface area (Å²) in [5, 5.41) is 11.1. The van der Waals surface area contributed by atoms with E-state index in [1.54, 1.807) is 0 Å². The quantitative estimate of drug-likeness (QED) is 0.742. The molecule has 0 bridgehead atoms. The van der Waals surface area contributed by atoms with E-state index in [-0.39, 0.29) is 11.0 Å². The number of aliphatic hydroxyl groups is 1. The summed E-state index contributed by atoms with van der Waals surface area (Å²) in [6.45, 7) is -0.563. The molecule has 1 aromatic heterocycles. The predicted octanol–water partition coefficient (Wildman–Crippen LogP) is 0.197. The number of methoxy groups -OCH3 is 1. The molecule has 1 aromatic rings. The van der Waals surface area contributed by atoms with Crippen LogP contribution in [-0.2, 0) is 9.53 Å². The van der Waals surface area contributed by atoms with Crippen LogP contribution in [0, 0.1) is 0 Å². The molecule has 0 aliphatic rings. The van der Waals surface area contributed by atoms with E-state index in [0.717, 1.165) is 7.11 Å². The van der Waals surface area contributed by atoms with E-state index in [4.69, 9.17) is 21.1 Å². The molecule has 88 valence electrons. The summed E-state index contributed by atoms with van der Waals surface area (Å²) in [7, 11) is 1.15. The number of ether oxygens (including phenoxy) is 1. The lowest BCUT2D eigenvalue weighted by Gasteiger charge is -2.12. The number of halogens is 1. The standard InChI is InChI=1S/C9H10ClNO5/c1-15-9(14)5(4-12)11-8(13)6-2-3-7(10)16-6/h2-3,5,12H,4H2,1H3,(H,11,13). The largest absolute Gasteiger partial charge is 0.467 e. The van der Waals surface area contributed by atoms with Crippen molar-refractivity contribution < 1.29 is 23.8 Å². The highest BCUT2D eigenvalue weighted by atomic mass is 35.5. The third-order valence-electron chi connectivity index (χ3n) is 1.77. The molecule has 0 aliphatic carbocycles. The van der Waals surface area contributed by atoms with E-state index in [1.807, 2.05) is 0 Å². The first-order valence-electron chi connectivity index (χ1n) is 4.33. The average molecular weight is 248 g/mol. The maximum absolute atomic E-state index is 11.5. The number of hydrogen-bond acceptors (Lipinski definition) is 5. The van der Waals surface area contributed by atoms with Gasteiger partial charge in [-0.05, 0) is 23.7 Å². The van der Waals surface area contributed by atoms with Gasteiger partial charge in [-0.25, -0.2) is 4.79 Å². The summed E-state index contributed by atoms with van der Waals surface area (Å²) < 4.78 is 9.20. The third-order valence-corrected chi connectivity index (χ3v) is 1.97. The van der Waals surface area contributed by atoms with Crippen LogP contribution in [0.25, 0.3) is 0 Å². The van der Waals surface area contributed by atoms with Crippen molar-refractivity contribution in [1.29, 1.82) is 0 Å². The van der Waals surface area contributed by atoms with Gasteiger partial charge in [0.15, 0.2) is 17.0 Å². The molecule has 1 amide bonds.